The maximum Gasteiger partial charge on any atom is 0.313 e. The molecule has 5 heteroatoms. The normalized spacial score (nSPS) is 25.2. The number of carboxylic acids is 1. The van der Waals surface area contributed by atoms with Gasteiger partial charge in [-0.15, -0.1) is 11.8 Å². The molecule has 0 bridgehead atoms. The molecule has 0 aromatic heterocycles. The highest BCUT2D eigenvalue weighted by atomic mass is 32.2. The molecule has 0 spiro atoms. The zero-order chi connectivity index (χ0) is 10.6. The molecule has 0 unspecified atom stereocenters. The zero-order valence-electron chi connectivity index (χ0n) is 8.16. The summed E-state index contributed by atoms with van der Waals surface area (Å²) in [6, 6.07) is 0.322. The highest BCUT2D eigenvalue weighted by Crippen LogP contribution is 2.26. The van der Waals surface area contributed by atoms with Gasteiger partial charge in [0, 0.05) is 6.04 Å². The van der Waals surface area contributed by atoms with E-state index in [-0.39, 0.29) is 17.4 Å². The number of carbonyl (C=O) groups is 2. The van der Waals surface area contributed by atoms with Gasteiger partial charge in [-0.3, -0.25) is 9.59 Å². The number of nitrogens with one attached hydrogen (secondary N) is 1. The van der Waals surface area contributed by atoms with Crippen LogP contribution < -0.4 is 5.32 Å². The number of carbonyl (C=O) groups excluding carboxylic acids is 1. The molecule has 80 valence electrons. The first-order chi connectivity index (χ1) is 6.58. The van der Waals surface area contributed by atoms with Gasteiger partial charge in [-0.1, -0.05) is 6.92 Å². The lowest BCUT2D eigenvalue weighted by atomic mass is 9.82. The molecule has 0 aromatic carbocycles. The summed E-state index contributed by atoms with van der Waals surface area (Å²) in [5, 5.41) is 11.2. The summed E-state index contributed by atoms with van der Waals surface area (Å²) in [4.78, 5) is 21.4. The van der Waals surface area contributed by atoms with Gasteiger partial charge in [0.2, 0.25) is 5.91 Å². The van der Waals surface area contributed by atoms with Crippen molar-refractivity contribution < 1.29 is 14.7 Å². The second kappa shape index (κ2) is 5.24. The summed E-state index contributed by atoms with van der Waals surface area (Å²) in [7, 11) is 0. The SMILES string of the molecule is CC1CC(NC(=O)CSCC(=O)O)C1. The van der Waals surface area contributed by atoms with E-state index in [1.807, 2.05) is 0 Å². The Bertz CT molecular complexity index is 226. The lowest BCUT2D eigenvalue weighted by Gasteiger charge is -2.33. The van der Waals surface area contributed by atoms with E-state index in [1.165, 1.54) is 0 Å². The third-order valence-corrected chi connectivity index (χ3v) is 3.11. The summed E-state index contributed by atoms with van der Waals surface area (Å²) in [5.74, 6) is 0.0336. The number of carboxylic acid groups (broad SMARTS) is 1. The van der Waals surface area contributed by atoms with E-state index in [1.54, 1.807) is 0 Å². The fourth-order valence-electron chi connectivity index (χ4n) is 1.52. The third-order valence-electron chi connectivity index (χ3n) is 2.20. The van der Waals surface area contributed by atoms with Gasteiger partial charge in [-0.25, -0.2) is 0 Å². The maximum absolute atomic E-state index is 11.2. The first-order valence-corrected chi connectivity index (χ1v) is 5.82. The third kappa shape index (κ3) is 4.00. The van der Waals surface area contributed by atoms with E-state index in [0.29, 0.717) is 12.0 Å². The molecule has 0 saturated heterocycles. The van der Waals surface area contributed by atoms with Crippen molar-refractivity contribution >= 4 is 23.6 Å². The van der Waals surface area contributed by atoms with Crippen LogP contribution in [-0.4, -0.2) is 34.5 Å². The van der Waals surface area contributed by atoms with Gasteiger partial charge in [-0.2, -0.15) is 0 Å². The Morgan fingerprint density at radius 2 is 2.07 bits per heavy atom. The Hall–Kier alpha value is -0.710. The second-order valence-corrected chi connectivity index (χ2v) is 4.71. The predicted molar refractivity (Wildman–Crippen MR) is 55.3 cm³/mol. The van der Waals surface area contributed by atoms with Crippen LogP contribution in [0, 0.1) is 5.92 Å². The van der Waals surface area contributed by atoms with Crippen molar-refractivity contribution in [1.29, 1.82) is 0 Å². The summed E-state index contributed by atoms with van der Waals surface area (Å²) in [6.07, 6.45) is 2.10. The van der Waals surface area contributed by atoms with Gasteiger partial charge >= 0.3 is 5.97 Å². The Labute approximate surface area is 87.4 Å². The molecular formula is C9H15NO3S. The maximum atomic E-state index is 11.2. The smallest absolute Gasteiger partial charge is 0.313 e. The molecular weight excluding hydrogens is 202 g/mol. The van der Waals surface area contributed by atoms with E-state index in [0.717, 1.165) is 24.6 Å². The van der Waals surface area contributed by atoms with Crippen LogP contribution >= 0.6 is 11.8 Å². The minimum Gasteiger partial charge on any atom is -0.481 e. The van der Waals surface area contributed by atoms with Crippen molar-refractivity contribution in [3.05, 3.63) is 0 Å². The lowest BCUT2D eigenvalue weighted by molar-refractivity contribution is -0.133. The number of amides is 1. The van der Waals surface area contributed by atoms with Gasteiger partial charge in [0.1, 0.15) is 0 Å². The molecule has 14 heavy (non-hydrogen) atoms. The molecule has 1 amide bonds. The van der Waals surface area contributed by atoms with E-state index in [2.05, 4.69) is 12.2 Å². The molecule has 0 aromatic rings. The van der Waals surface area contributed by atoms with Crippen LogP contribution in [0.25, 0.3) is 0 Å². The van der Waals surface area contributed by atoms with E-state index in [9.17, 15) is 9.59 Å². The minimum atomic E-state index is -0.875. The quantitative estimate of drug-likeness (QED) is 0.712. The van der Waals surface area contributed by atoms with Gasteiger partial charge < -0.3 is 10.4 Å². The summed E-state index contributed by atoms with van der Waals surface area (Å²) in [6.45, 7) is 2.15. The first-order valence-electron chi connectivity index (χ1n) is 4.67. The molecule has 0 atom stereocenters. The summed E-state index contributed by atoms with van der Waals surface area (Å²) in [5.41, 5.74) is 0. The Morgan fingerprint density at radius 1 is 1.43 bits per heavy atom. The number of hydrogen-bond acceptors (Lipinski definition) is 3. The second-order valence-electron chi connectivity index (χ2n) is 3.73. The molecule has 0 heterocycles. The average Bonchev–Trinajstić information content (AvgIpc) is 2.00. The van der Waals surface area contributed by atoms with Crippen LogP contribution in [0.5, 0.6) is 0 Å². The monoisotopic (exact) mass is 217 g/mol. The van der Waals surface area contributed by atoms with Crippen molar-refractivity contribution in [3.8, 4) is 0 Å². The Morgan fingerprint density at radius 3 is 2.57 bits per heavy atom. The van der Waals surface area contributed by atoms with Crippen molar-refractivity contribution in [2.45, 2.75) is 25.8 Å². The van der Waals surface area contributed by atoms with Crippen LogP contribution in [0.3, 0.4) is 0 Å². The van der Waals surface area contributed by atoms with Crippen LogP contribution in [0.15, 0.2) is 0 Å². The minimum absolute atomic E-state index is 0.00547. The van der Waals surface area contributed by atoms with Crippen LogP contribution in [0.2, 0.25) is 0 Å². The van der Waals surface area contributed by atoms with Crippen molar-refractivity contribution in [2.75, 3.05) is 11.5 Å². The number of rotatable bonds is 5. The number of aliphatic carboxylic acids is 1. The molecule has 1 saturated carbocycles. The van der Waals surface area contributed by atoms with Crippen LogP contribution in [0.1, 0.15) is 19.8 Å². The molecule has 1 fully saturated rings. The van der Waals surface area contributed by atoms with Crippen LogP contribution in [-0.2, 0) is 9.59 Å². The van der Waals surface area contributed by atoms with E-state index >= 15 is 0 Å². The van der Waals surface area contributed by atoms with Crippen molar-refractivity contribution in [1.82, 2.24) is 5.32 Å². The fourth-order valence-corrected chi connectivity index (χ4v) is 2.07. The van der Waals surface area contributed by atoms with Gasteiger partial charge in [-0.05, 0) is 18.8 Å². The molecule has 1 rings (SSSR count). The molecule has 0 aliphatic heterocycles. The van der Waals surface area contributed by atoms with E-state index in [4.69, 9.17) is 5.11 Å². The first kappa shape index (κ1) is 11.4. The molecule has 4 nitrogen and oxygen atoms in total. The molecule has 1 aliphatic rings. The number of hydrogen-bond donors (Lipinski definition) is 2. The summed E-state index contributed by atoms with van der Waals surface area (Å²) >= 11 is 1.14. The fraction of sp³-hybridized carbons (Fsp3) is 0.778. The van der Waals surface area contributed by atoms with Crippen molar-refractivity contribution in [2.24, 2.45) is 5.92 Å². The molecule has 0 radical (unpaired) electrons. The lowest BCUT2D eigenvalue weighted by Crippen LogP contribution is -2.44. The Kier molecular flexibility index (Phi) is 4.25. The zero-order valence-corrected chi connectivity index (χ0v) is 8.97. The largest absolute Gasteiger partial charge is 0.481 e. The molecule has 2 N–H and O–H groups in total. The van der Waals surface area contributed by atoms with Crippen LogP contribution in [0.4, 0.5) is 0 Å². The predicted octanol–water partition coefficient (Wildman–Crippen LogP) is 0.719. The standard InChI is InChI=1S/C9H15NO3S/c1-6-2-7(3-6)10-8(11)4-14-5-9(12)13/h6-7H,2-5H2,1H3,(H,10,11)(H,12,13). The summed E-state index contributed by atoms with van der Waals surface area (Å²) < 4.78 is 0. The number of thioether (sulfide) groups is 1. The highest BCUT2D eigenvalue weighted by Gasteiger charge is 2.26. The van der Waals surface area contributed by atoms with Gasteiger partial charge in [0.05, 0.1) is 11.5 Å². The topological polar surface area (TPSA) is 66.4 Å². The van der Waals surface area contributed by atoms with Gasteiger partial charge in [0.15, 0.2) is 0 Å². The van der Waals surface area contributed by atoms with Crippen molar-refractivity contribution in [3.63, 3.8) is 0 Å². The average molecular weight is 217 g/mol. The van der Waals surface area contributed by atoms with Gasteiger partial charge in [0.25, 0.3) is 0 Å². The molecule has 1 aliphatic carbocycles. The van der Waals surface area contributed by atoms with E-state index < -0.39 is 5.97 Å². The Balaban J connectivity index is 2.02. The highest BCUT2D eigenvalue weighted by molar-refractivity contribution is 8.00.